The first kappa shape index (κ1) is 15.8. The molecule has 1 heterocycles. The van der Waals surface area contributed by atoms with Crippen molar-refractivity contribution in [2.24, 2.45) is 11.8 Å². The summed E-state index contributed by atoms with van der Waals surface area (Å²) in [5, 5.41) is 13.9. The molecular weight excluding hydrogens is 266 g/mol. The van der Waals surface area contributed by atoms with Crippen molar-refractivity contribution in [2.45, 2.75) is 39.8 Å². The summed E-state index contributed by atoms with van der Waals surface area (Å²) in [5.41, 5.74) is 1.84. The SMILES string of the molecule is CNc1cc(CN2CC(C)CC(C)C2C)ccc1[N+](=O)[O-]. The Morgan fingerprint density at radius 1 is 1.38 bits per heavy atom. The van der Waals surface area contributed by atoms with Gasteiger partial charge in [0, 0.05) is 32.2 Å². The molecular formula is C16H25N3O2. The molecule has 0 saturated carbocycles. The van der Waals surface area contributed by atoms with Crippen molar-refractivity contribution in [3.8, 4) is 0 Å². The fourth-order valence-electron chi connectivity index (χ4n) is 3.32. The van der Waals surface area contributed by atoms with Crippen LogP contribution in [0, 0.1) is 22.0 Å². The van der Waals surface area contributed by atoms with Crippen LogP contribution in [-0.2, 0) is 6.54 Å². The molecule has 116 valence electrons. The summed E-state index contributed by atoms with van der Waals surface area (Å²) in [6.07, 6.45) is 1.28. The van der Waals surface area contributed by atoms with Gasteiger partial charge in [0.2, 0.25) is 0 Å². The van der Waals surface area contributed by atoms with Gasteiger partial charge in [0.25, 0.3) is 5.69 Å². The highest BCUT2D eigenvalue weighted by atomic mass is 16.6. The number of piperidine rings is 1. The van der Waals surface area contributed by atoms with Gasteiger partial charge in [-0.25, -0.2) is 0 Å². The maximum atomic E-state index is 11.0. The van der Waals surface area contributed by atoms with Gasteiger partial charge in [-0.2, -0.15) is 0 Å². The van der Waals surface area contributed by atoms with E-state index >= 15 is 0 Å². The van der Waals surface area contributed by atoms with E-state index in [1.807, 2.05) is 12.1 Å². The number of benzene rings is 1. The summed E-state index contributed by atoms with van der Waals surface area (Å²) < 4.78 is 0. The van der Waals surface area contributed by atoms with Gasteiger partial charge in [0.1, 0.15) is 5.69 Å². The molecule has 0 spiro atoms. The molecule has 3 unspecified atom stereocenters. The van der Waals surface area contributed by atoms with Crippen molar-refractivity contribution in [1.82, 2.24) is 4.90 Å². The van der Waals surface area contributed by atoms with Crippen LogP contribution in [0.1, 0.15) is 32.8 Å². The Hall–Kier alpha value is -1.62. The van der Waals surface area contributed by atoms with Gasteiger partial charge in [-0.1, -0.05) is 19.9 Å². The number of hydrogen-bond donors (Lipinski definition) is 1. The number of nitro groups is 1. The van der Waals surface area contributed by atoms with Crippen LogP contribution < -0.4 is 5.32 Å². The first-order valence-electron chi connectivity index (χ1n) is 7.61. The van der Waals surface area contributed by atoms with Crippen molar-refractivity contribution in [2.75, 3.05) is 18.9 Å². The van der Waals surface area contributed by atoms with Crippen molar-refractivity contribution in [3.63, 3.8) is 0 Å². The second-order valence-electron chi connectivity index (χ2n) is 6.35. The van der Waals surface area contributed by atoms with Crippen molar-refractivity contribution in [3.05, 3.63) is 33.9 Å². The average Bonchev–Trinajstić information content (AvgIpc) is 2.43. The second kappa shape index (κ2) is 6.43. The van der Waals surface area contributed by atoms with Crippen LogP contribution in [0.2, 0.25) is 0 Å². The van der Waals surface area contributed by atoms with Crippen LogP contribution in [-0.4, -0.2) is 29.5 Å². The molecule has 1 N–H and O–H groups in total. The van der Waals surface area contributed by atoms with E-state index in [0.717, 1.165) is 18.7 Å². The van der Waals surface area contributed by atoms with Gasteiger partial charge >= 0.3 is 0 Å². The summed E-state index contributed by atoms with van der Waals surface area (Å²) in [6.45, 7) is 8.83. The van der Waals surface area contributed by atoms with Crippen LogP contribution in [0.4, 0.5) is 11.4 Å². The molecule has 2 rings (SSSR count). The van der Waals surface area contributed by atoms with Gasteiger partial charge in [0.15, 0.2) is 0 Å². The fraction of sp³-hybridized carbons (Fsp3) is 0.625. The van der Waals surface area contributed by atoms with E-state index in [1.54, 1.807) is 13.1 Å². The highest BCUT2D eigenvalue weighted by molar-refractivity contribution is 5.62. The third-order valence-electron chi connectivity index (χ3n) is 4.63. The minimum atomic E-state index is -0.344. The molecule has 0 aromatic heterocycles. The molecule has 1 aliphatic heterocycles. The van der Waals surface area contributed by atoms with E-state index in [2.05, 4.69) is 31.0 Å². The minimum absolute atomic E-state index is 0.134. The second-order valence-corrected chi connectivity index (χ2v) is 6.35. The van der Waals surface area contributed by atoms with Gasteiger partial charge in [-0.15, -0.1) is 0 Å². The summed E-state index contributed by atoms with van der Waals surface area (Å²) >= 11 is 0. The van der Waals surface area contributed by atoms with Gasteiger partial charge in [0.05, 0.1) is 4.92 Å². The normalized spacial score (nSPS) is 26.6. The van der Waals surface area contributed by atoms with Crippen LogP contribution in [0.5, 0.6) is 0 Å². The lowest BCUT2D eigenvalue weighted by atomic mass is 9.86. The van der Waals surface area contributed by atoms with Gasteiger partial charge < -0.3 is 5.32 Å². The van der Waals surface area contributed by atoms with Gasteiger partial charge in [-0.3, -0.25) is 15.0 Å². The Bertz CT molecular complexity index is 518. The number of nitrogens with one attached hydrogen (secondary N) is 1. The number of rotatable bonds is 4. The molecule has 0 aliphatic carbocycles. The predicted molar refractivity (Wildman–Crippen MR) is 85.5 cm³/mol. The highest BCUT2D eigenvalue weighted by Crippen LogP contribution is 2.30. The van der Waals surface area contributed by atoms with Crippen LogP contribution >= 0.6 is 0 Å². The molecule has 1 saturated heterocycles. The number of likely N-dealkylation sites (tertiary alicyclic amines) is 1. The average molecular weight is 291 g/mol. The zero-order valence-corrected chi connectivity index (χ0v) is 13.3. The summed E-state index contributed by atoms with van der Waals surface area (Å²) in [6, 6.07) is 5.92. The topological polar surface area (TPSA) is 58.4 Å². The number of anilines is 1. The molecule has 3 atom stereocenters. The Morgan fingerprint density at radius 3 is 2.71 bits per heavy atom. The molecule has 5 nitrogen and oxygen atoms in total. The molecule has 0 radical (unpaired) electrons. The smallest absolute Gasteiger partial charge is 0.292 e. The Labute approximate surface area is 126 Å². The van der Waals surface area contributed by atoms with Crippen LogP contribution in [0.15, 0.2) is 18.2 Å². The largest absolute Gasteiger partial charge is 0.383 e. The first-order valence-corrected chi connectivity index (χ1v) is 7.61. The molecule has 1 aromatic rings. The quantitative estimate of drug-likeness (QED) is 0.681. The molecule has 1 aromatic carbocycles. The molecule has 0 amide bonds. The van der Waals surface area contributed by atoms with E-state index < -0.39 is 0 Å². The summed E-state index contributed by atoms with van der Waals surface area (Å²) in [5.74, 6) is 1.40. The van der Waals surface area contributed by atoms with E-state index in [-0.39, 0.29) is 10.6 Å². The van der Waals surface area contributed by atoms with Gasteiger partial charge in [-0.05, 0) is 36.8 Å². The zero-order valence-electron chi connectivity index (χ0n) is 13.3. The van der Waals surface area contributed by atoms with E-state index in [4.69, 9.17) is 0 Å². The molecule has 1 fully saturated rings. The number of hydrogen-bond acceptors (Lipinski definition) is 4. The van der Waals surface area contributed by atoms with E-state index in [0.29, 0.717) is 23.6 Å². The lowest BCUT2D eigenvalue weighted by Crippen LogP contribution is -2.45. The Balaban J connectivity index is 2.17. The Morgan fingerprint density at radius 2 is 2.10 bits per heavy atom. The van der Waals surface area contributed by atoms with E-state index in [9.17, 15) is 10.1 Å². The van der Waals surface area contributed by atoms with Crippen LogP contribution in [0.25, 0.3) is 0 Å². The molecule has 21 heavy (non-hydrogen) atoms. The number of nitrogens with zero attached hydrogens (tertiary/aromatic N) is 2. The van der Waals surface area contributed by atoms with E-state index in [1.165, 1.54) is 6.42 Å². The molecule has 0 bridgehead atoms. The first-order chi connectivity index (χ1) is 9.92. The molecule has 5 heteroatoms. The predicted octanol–water partition coefficient (Wildman–Crippen LogP) is 3.50. The van der Waals surface area contributed by atoms with Crippen LogP contribution in [0.3, 0.4) is 0 Å². The van der Waals surface area contributed by atoms with Crippen molar-refractivity contribution >= 4 is 11.4 Å². The third kappa shape index (κ3) is 3.53. The van der Waals surface area contributed by atoms with Crippen molar-refractivity contribution in [1.29, 1.82) is 0 Å². The molecule has 1 aliphatic rings. The monoisotopic (exact) mass is 291 g/mol. The zero-order chi connectivity index (χ0) is 15.6. The minimum Gasteiger partial charge on any atom is -0.383 e. The fourth-order valence-corrected chi connectivity index (χ4v) is 3.32. The maximum absolute atomic E-state index is 11.0. The summed E-state index contributed by atoms with van der Waals surface area (Å²) in [7, 11) is 1.72. The Kier molecular flexibility index (Phi) is 4.83. The highest BCUT2D eigenvalue weighted by Gasteiger charge is 2.28. The van der Waals surface area contributed by atoms with Crippen molar-refractivity contribution < 1.29 is 4.92 Å². The number of nitro benzene ring substituents is 1. The lowest BCUT2D eigenvalue weighted by molar-refractivity contribution is -0.384. The maximum Gasteiger partial charge on any atom is 0.292 e. The summed E-state index contributed by atoms with van der Waals surface area (Å²) in [4.78, 5) is 13.1. The lowest BCUT2D eigenvalue weighted by Gasteiger charge is -2.41. The third-order valence-corrected chi connectivity index (χ3v) is 4.63. The standard InChI is InChI=1S/C16H25N3O2/c1-11-7-12(2)13(3)18(9-11)10-14-5-6-16(19(20)21)15(8-14)17-4/h5-6,8,11-13,17H,7,9-10H2,1-4H3.